The summed E-state index contributed by atoms with van der Waals surface area (Å²) < 4.78 is 10.2. The van der Waals surface area contributed by atoms with Gasteiger partial charge in [-0.3, -0.25) is 4.79 Å². The fourth-order valence-electron chi connectivity index (χ4n) is 1.16. The van der Waals surface area contributed by atoms with E-state index >= 15 is 0 Å². The highest BCUT2D eigenvalue weighted by atomic mass is 16.5. The van der Waals surface area contributed by atoms with Gasteiger partial charge in [0.2, 0.25) is 0 Å². The summed E-state index contributed by atoms with van der Waals surface area (Å²) in [4.78, 5) is 21.8. The molecule has 0 saturated carbocycles. The first-order valence-corrected chi connectivity index (χ1v) is 5.83. The smallest absolute Gasteiger partial charge is 0.314 e. The zero-order valence-electron chi connectivity index (χ0n) is 11.1. The highest BCUT2D eigenvalue weighted by Gasteiger charge is 2.13. The highest BCUT2D eigenvalue weighted by molar-refractivity contribution is 5.74. The Morgan fingerprint density at radius 2 is 1.94 bits per heavy atom. The molecule has 3 N–H and O–H groups in total. The zero-order chi connectivity index (χ0) is 14.0. The largest absolute Gasteiger partial charge is 0.481 e. The number of rotatable bonds is 9. The van der Waals surface area contributed by atoms with Crippen LogP contribution in [0.25, 0.3) is 0 Å². The first kappa shape index (κ1) is 16.7. The number of hydrogen-bond acceptors (Lipinski definition) is 4. The minimum Gasteiger partial charge on any atom is -0.481 e. The molecule has 18 heavy (non-hydrogen) atoms. The maximum absolute atomic E-state index is 11.3. The molecular weight excluding hydrogens is 240 g/mol. The van der Waals surface area contributed by atoms with Crippen LogP contribution < -0.4 is 10.6 Å². The van der Waals surface area contributed by atoms with Gasteiger partial charge in [0.25, 0.3) is 0 Å². The van der Waals surface area contributed by atoms with Crippen molar-refractivity contribution in [1.82, 2.24) is 10.6 Å². The van der Waals surface area contributed by atoms with Crippen molar-refractivity contribution in [3.63, 3.8) is 0 Å². The molecule has 106 valence electrons. The summed E-state index contributed by atoms with van der Waals surface area (Å²) >= 11 is 0. The standard InChI is InChI=1S/C11H22N2O5/c1-8(2)18-5-4-12-11(16)13-7-9(17-3)6-10(14)15/h8-9H,4-7H2,1-3H3,(H,14,15)(H2,12,13,16). The molecule has 0 aliphatic rings. The molecule has 0 aliphatic heterocycles. The summed E-state index contributed by atoms with van der Waals surface area (Å²) in [5.41, 5.74) is 0. The Kier molecular flexibility index (Phi) is 8.95. The summed E-state index contributed by atoms with van der Waals surface area (Å²) in [7, 11) is 1.41. The molecule has 0 bridgehead atoms. The lowest BCUT2D eigenvalue weighted by molar-refractivity contribution is -0.139. The van der Waals surface area contributed by atoms with E-state index in [2.05, 4.69) is 10.6 Å². The molecule has 1 unspecified atom stereocenters. The van der Waals surface area contributed by atoms with Gasteiger partial charge < -0.3 is 25.2 Å². The minimum atomic E-state index is -0.964. The number of urea groups is 1. The second-order valence-electron chi connectivity index (χ2n) is 4.01. The van der Waals surface area contributed by atoms with E-state index in [0.717, 1.165) is 0 Å². The maximum Gasteiger partial charge on any atom is 0.314 e. The number of nitrogens with one attached hydrogen (secondary N) is 2. The quantitative estimate of drug-likeness (QED) is 0.516. The Bertz CT molecular complexity index is 258. The van der Waals surface area contributed by atoms with Crippen molar-refractivity contribution >= 4 is 12.0 Å². The minimum absolute atomic E-state index is 0.128. The SMILES string of the molecule is COC(CNC(=O)NCCOC(C)C)CC(=O)O. The fourth-order valence-corrected chi connectivity index (χ4v) is 1.16. The van der Waals surface area contributed by atoms with Crippen LogP contribution in [-0.4, -0.2) is 56.1 Å². The van der Waals surface area contributed by atoms with E-state index in [1.807, 2.05) is 13.8 Å². The summed E-state index contributed by atoms with van der Waals surface area (Å²) in [5, 5.41) is 13.7. The third kappa shape index (κ3) is 9.86. The molecule has 0 rings (SSSR count). The Balaban J connectivity index is 3.64. The van der Waals surface area contributed by atoms with Crippen molar-refractivity contribution < 1.29 is 24.2 Å². The van der Waals surface area contributed by atoms with Crippen LogP contribution in [0.2, 0.25) is 0 Å². The third-order valence-corrected chi connectivity index (χ3v) is 2.06. The van der Waals surface area contributed by atoms with Gasteiger partial charge in [-0.1, -0.05) is 0 Å². The highest BCUT2D eigenvalue weighted by Crippen LogP contribution is 1.95. The second kappa shape index (κ2) is 9.67. The van der Waals surface area contributed by atoms with Crippen LogP contribution in [0.1, 0.15) is 20.3 Å². The molecule has 0 heterocycles. The molecule has 0 saturated heterocycles. The molecule has 0 aromatic carbocycles. The van der Waals surface area contributed by atoms with Crippen molar-refractivity contribution in [2.24, 2.45) is 0 Å². The maximum atomic E-state index is 11.3. The molecule has 7 heteroatoms. The molecule has 0 radical (unpaired) electrons. The van der Waals surface area contributed by atoms with Gasteiger partial charge >= 0.3 is 12.0 Å². The Morgan fingerprint density at radius 3 is 2.44 bits per heavy atom. The molecule has 7 nitrogen and oxygen atoms in total. The summed E-state index contributed by atoms with van der Waals surface area (Å²) in [6, 6.07) is -0.366. The van der Waals surface area contributed by atoms with Gasteiger partial charge in [0, 0.05) is 20.2 Å². The Hall–Kier alpha value is -1.34. The topological polar surface area (TPSA) is 96.9 Å². The van der Waals surface area contributed by atoms with Crippen molar-refractivity contribution in [3.05, 3.63) is 0 Å². The monoisotopic (exact) mass is 262 g/mol. The number of carbonyl (C=O) groups excluding carboxylic acids is 1. The van der Waals surface area contributed by atoms with Gasteiger partial charge in [-0.2, -0.15) is 0 Å². The van der Waals surface area contributed by atoms with E-state index in [9.17, 15) is 9.59 Å². The van der Waals surface area contributed by atoms with Gasteiger partial charge in [0.05, 0.1) is 25.2 Å². The second-order valence-corrected chi connectivity index (χ2v) is 4.01. The number of carbonyl (C=O) groups is 2. The first-order valence-electron chi connectivity index (χ1n) is 5.83. The lowest BCUT2D eigenvalue weighted by Gasteiger charge is -2.14. The average molecular weight is 262 g/mol. The number of hydrogen-bond donors (Lipinski definition) is 3. The zero-order valence-corrected chi connectivity index (χ0v) is 11.1. The van der Waals surface area contributed by atoms with Crippen LogP contribution in [0.5, 0.6) is 0 Å². The van der Waals surface area contributed by atoms with Crippen LogP contribution in [0.4, 0.5) is 4.79 Å². The van der Waals surface area contributed by atoms with Crippen molar-refractivity contribution in [2.45, 2.75) is 32.5 Å². The fraction of sp³-hybridized carbons (Fsp3) is 0.818. The van der Waals surface area contributed by atoms with Crippen LogP contribution in [-0.2, 0) is 14.3 Å². The molecule has 1 atom stereocenters. The number of carboxylic acids is 1. The number of amides is 2. The van der Waals surface area contributed by atoms with E-state index in [1.54, 1.807) is 0 Å². The molecule has 0 spiro atoms. The Morgan fingerprint density at radius 1 is 1.28 bits per heavy atom. The van der Waals surface area contributed by atoms with Crippen LogP contribution in [0.15, 0.2) is 0 Å². The molecule has 0 aliphatic carbocycles. The molecule has 0 aromatic rings. The van der Waals surface area contributed by atoms with Crippen molar-refractivity contribution in [1.29, 1.82) is 0 Å². The number of aliphatic carboxylic acids is 1. The average Bonchev–Trinajstić information content (AvgIpc) is 2.29. The van der Waals surface area contributed by atoms with Gasteiger partial charge in [0.1, 0.15) is 0 Å². The van der Waals surface area contributed by atoms with Crippen LogP contribution in [0.3, 0.4) is 0 Å². The normalized spacial score (nSPS) is 12.2. The van der Waals surface area contributed by atoms with Gasteiger partial charge in [0.15, 0.2) is 0 Å². The van der Waals surface area contributed by atoms with E-state index in [1.165, 1.54) is 7.11 Å². The van der Waals surface area contributed by atoms with Gasteiger partial charge in [-0.05, 0) is 13.8 Å². The van der Waals surface area contributed by atoms with Gasteiger partial charge in [-0.15, -0.1) is 0 Å². The van der Waals surface area contributed by atoms with E-state index in [4.69, 9.17) is 14.6 Å². The van der Waals surface area contributed by atoms with Crippen molar-refractivity contribution in [2.75, 3.05) is 26.8 Å². The molecule has 2 amide bonds. The molecule has 0 aromatic heterocycles. The predicted octanol–water partition coefficient (Wildman–Crippen LogP) is 0.200. The van der Waals surface area contributed by atoms with Crippen molar-refractivity contribution in [3.8, 4) is 0 Å². The summed E-state index contributed by atoms with van der Waals surface area (Å²) in [6.45, 7) is 4.82. The first-order chi connectivity index (χ1) is 8.45. The number of methoxy groups -OCH3 is 1. The summed E-state index contributed by atoms with van der Waals surface area (Å²) in [6.07, 6.45) is -0.545. The van der Waals surface area contributed by atoms with Crippen LogP contribution in [0, 0.1) is 0 Å². The van der Waals surface area contributed by atoms with Gasteiger partial charge in [-0.25, -0.2) is 4.79 Å². The number of ether oxygens (including phenoxy) is 2. The molecule has 0 fully saturated rings. The Labute approximate surface area is 107 Å². The number of carboxylic acid groups (broad SMARTS) is 1. The van der Waals surface area contributed by atoms with E-state index in [-0.39, 0.29) is 25.1 Å². The van der Waals surface area contributed by atoms with Crippen LogP contribution >= 0.6 is 0 Å². The third-order valence-electron chi connectivity index (χ3n) is 2.06. The predicted molar refractivity (Wildman–Crippen MR) is 65.5 cm³/mol. The molecular formula is C11H22N2O5. The lowest BCUT2D eigenvalue weighted by Crippen LogP contribution is -2.42. The summed E-state index contributed by atoms with van der Waals surface area (Å²) in [5.74, 6) is -0.964. The van der Waals surface area contributed by atoms with E-state index in [0.29, 0.717) is 13.2 Å². The van der Waals surface area contributed by atoms with E-state index < -0.39 is 12.1 Å². The lowest BCUT2D eigenvalue weighted by atomic mass is 10.2.